The molecule has 3 heterocycles. The minimum Gasteiger partial charge on any atom is -0.480 e. The molecule has 1 aromatic carbocycles. The average Bonchev–Trinajstić information content (AvgIpc) is 3.65. The maximum Gasteiger partial charge on any atom is 0.408 e. The van der Waals surface area contributed by atoms with Crippen molar-refractivity contribution in [3.05, 3.63) is 35.0 Å². The van der Waals surface area contributed by atoms with Gasteiger partial charge in [-0.25, -0.2) is 9.59 Å². The first-order chi connectivity index (χ1) is 23.2. The van der Waals surface area contributed by atoms with Crippen molar-refractivity contribution in [3.8, 4) is 6.07 Å². The monoisotopic (exact) mass is 680 g/mol. The van der Waals surface area contributed by atoms with Gasteiger partial charge in [-0.05, 0) is 83.4 Å². The summed E-state index contributed by atoms with van der Waals surface area (Å²) in [6.45, 7) is 7.61. The van der Waals surface area contributed by atoms with Crippen LogP contribution in [0.25, 0.3) is 10.9 Å². The fraction of sp³-hybridized carbons (Fsp3) is 0.600. The van der Waals surface area contributed by atoms with Crippen LogP contribution < -0.4 is 10.6 Å². The number of benzene rings is 1. The third kappa shape index (κ3) is 9.50. The Morgan fingerprint density at radius 2 is 1.92 bits per heavy atom. The molecule has 4 rings (SSSR count). The number of likely N-dealkylation sites (tertiary alicyclic amines) is 2. The van der Waals surface area contributed by atoms with E-state index < -0.39 is 48.0 Å². The first kappa shape index (κ1) is 37.2. The van der Waals surface area contributed by atoms with E-state index in [2.05, 4.69) is 28.6 Å². The second-order valence-electron chi connectivity index (χ2n) is 13.7. The van der Waals surface area contributed by atoms with Crippen molar-refractivity contribution in [1.29, 1.82) is 5.26 Å². The summed E-state index contributed by atoms with van der Waals surface area (Å²) in [7, 11) is 1.52. The number of amides is 4. The van der Waals surface area contributed by atoms with E-state index in [9.17, 15) is 34.3 Å². The first-order valence-corrected chi connectivity index (χ1v) is 16.9. The summed E-state index contributed by atoms with van der Waals surface area (Å²) in [5, 5.41) is 24.8. The largest absolute Gasteiger partial charge is 0.480 e. The molecule has 0 radical (unpaired) electrons. The van der Waals surface area contributed by atoms with Gasteiger partial charge in [0.2, 0.25) is 17.7 Å². The van der Waals surface area contributed by atoms with Crippen LogP contribution in [0.2, 0.25) is 0 Å². The molecule has 2 aliphatic heterocycles. The molecule has 4 amide bonds. The number of hydrogen-bond acceptors (Lipinski definition) is 8. The SMILES string of the molecule is CCc1c(CC[C@@H]2CCCN2C(=O)CN2C(=O)C(NC(=O)C[C@H](NC(=O)OC(C)(C)C)C(=O)O)CCC2COC)[nH]c2cc(C#N)ccc12. The minimum absolute atomic E-state index is 0.0000179. The third-order valence-corrected chi connectivity index (χ3v) is 9.09. The van der Waals surface area contributed by atoms with Crippen molar-refractivity contribution in [3.63, 3.8) is 0 Å². The number of hydrogen-bond donors (Lipinski definition) is 4. The molecule has 4 atom stereocenters. The number of aliphatic carboxylic acids is 1. The van der Waals surface area contributed by atoms with Crippen LogP contribution in [-0.4, -0.2) is 106 Å². The molecular weight excluding hydrogens is 632 g/mol. The number of carbonyl (C=O) groups is 5. The highest BCUT2D eigenvalue weighted by atomic mass is 16.6. The number of aromatic amines is 1. The van der Waals surface area contributed by atoms with Crippen LogP contribution in [-0.2, 0) is 41.5 Å². The molecule has 2 aliphatic rings. The number of piperidine rings is 1. The van der Waals surface area contributed by atoms with E-state index in [4.69, 9.17) is 9.47 Å². The molecule has 0 saturated carbocycles. The number of aromatic nitrogens is 1. The van der Waals surface area contributed by atoms with Gasteiger partial charge < -0.3 is 40.0 Å². The summed E-state index contributed by atoms with van der Waals surface area (Å²) in [6, 6.07) is 4.95. The Labute approximate surface area is 286 Å². The van der Waals surface area contributed by atoms with Crippen molar-refractivity contribution in [2.24, 2.45) is 0 Å². The zero-order valence-electron chi connectivity index (χ0n) is 29.0. The Morgan fingerprint density at radius 1 is 1.16 bits per heavy atom. The summed E-state index contributed by atoms with van der Waals surface area (Å²) in [4.78, 5) is 71.0. The molecule has 0 bridgehead atoms. The predicted octanol–water partition coefficient (Wildman–Crippen LogP) is 3.02. The number of H-pyrrole nitrogens is 1. The van der Waals surface area contributed by atoms with Gasteiger partial charge >= 0.3 is 12.1 Å². The first-order valence-electron chi connectivity index (χ1n) is 16.9. The van der Waals surface area contributed by atoms with Crippen LogP contribution in [0.5, 0.6) is 0 Å². The number of methoxy groups -OCH3 is 1. The number of carboxylic acid groups (broad SMARTS) is 1. The highest BCUT2D eigenvalue weighted by molar-refractivity contribution is 5.93. The number of rotatable bonds is 13. The molecular formula is C35H48N6O8. The summed E-state index contributed by atoms with van der Waals surface area (Å²) in [6.07, 6.45) is 3.18. The fourth-order valence-corrected chi connectivity index (χ4v) is 6.82. The van der Waals surface area contributed by atoms with Crippen LogP contribution >= 0.6 is 0 Å². The van der Waals surface area contributed by atoms with Crippen LogP contribution in [0.15, 0.2) is 18.2 Å². The molecule has 49 heavy (non-hydrogen) atoms. The van der Waals surface area contributed by atoms with Crippen LogP contribution in [0.3, 0.4) is 0 Å². The van der Waals surface area contributed by atoms with Crippen molar-refractivity contribution in [2.75, 3.05) is 26.8 Å². The highest BCUT2D eigenvalue weighted by Gasteiger charge is 2.39. The highest BCUT2D eigenvalue weighted by Crippen LogP contribution is 2.28. The van der Waals surface area contributed by atoms with Crippen LogP contribution in [0.4, 0.5) is 4.79 Å². The van der Waals surface area contributed by atoms with E-state index in [0.29, 0.717) is 18.5 Å². The van der Waals surface area contributed by atoms with Gasteiger partial charge in [-0.3, -0.25) is 14.4 Å². The lowest BCUT2D eigenvalue weighted by Crippen LogP contribution is -2.60. The maximum absolute atomic E-state index is 13.8. The zero-order valence-corrected chi connectivity index (χ0v) is 29.0. The number of nitriles is 1. The molecule has 266 valence electrons. The molecule has 2 aromatic rings. The zero-order chi connectivity index (χ0) is 35.9. The molecule has 0 aliphatic carbocycles. The number of nitrogens with one attached hydrogen (secondary N) is 3. The summed E-state index contributed by atoms with van der Waals surface area (Å²) in [5.74, 6) is -2.78. The third-order valence-electron chi connectivity index (χ3n) is 9.09. The van der Waals surface area contributed by atoms with Gasteiger partial charge in [0.15, 0.2) is 0 Å². The average molecular weight is 681 g/mol. The second kappa shape index (κ2) is 16.2. The molecule has 14 nitrogen and oxygen atoms in total. The summed E-state index contributed by atoms with van der Waals surface area (Å²) >= 11 is 0. The number of alkyl carbamates (subject to hydrolysis) is 1. The molecule has 14 heteroatoms. The molecule has 0 spiro atoms. The molecule has 2 fully saturated rings. The van der Waals surface area contributed by atoms with E-state index in [1.54, 1.807) is 20.8 Å². The quantitative estimate of drug-likeness (QED) is 0.246. The topological polar surface area (TPSA) is 194 Å². The molecule has 2 unspecified atom stereocenters. The van der Waals surface area contributed by atoms with Crippen molar-refractivity contribution in [1.82, 2.24) is 25.4 Å². The van der Waals surface area contributed by atoms with Crippen molar-refractivity contribution < 1.29 is 38.6 Å². The second-order valence-corrected chi connectivity index (χ2v) is 13.7. The Hall–Kier alpha value is -4.64. The standard InChI is InChI=1S/C35H48N6O8/c1-6-24-25-12-9-21(18-36)16-28(25)37-26(24)13-10-22-8-7-15-40(22)31(43)19-41-23(20-48-5)11-14-27(32(41)44)38-30(42)17-29(33(45)46)39-34(47)49-35(2,3)4/h9,12,16,22-23,27,29,37H,6-8,10-11,13-15,17,19-20H2,1-5H3,(H,38,42)(H,39,47)(H,45,46)/t22-,23?,27?,29-/m0/s1. The number of fused-ring (bicyclic) bond motifs is 1. The number of ether oxygens (including phenoxy) is 2. The minimum atomic E-state index is -1.56. The summed E-state index contributed by atoms with van der Waals surface area (Å²) in [5.41, 5.74) is 2.97. The van der Waals surface area contributed by atoms with E-state index in [1.165, 1.54) is 17.6 Å². The van der Waals surface area contributed by atoms with E-state index >= 15 is 0 Å². The Kier molecular flexibility index (Phi) is 12.3. The Morgan fingerprint density at radius 3 is 2.57 bits per heavy atom. The van der Waals surface area contributed by atoms with E-state index in [1.807, 2.05) is 23.1 Å². The maximum atomic E-state index is 13.8. The van der Waals surface area contributed by atoms with Crippen LogP contribution in [0, 0.1) is 11.3 Å². The smallest absolute Gasteiger partial charge is 0.408 e. The molecule has 4 N–H and O–H groups in total. The Balaban J connectivity index is 1.39. The lowest BCUT2D eigenvalue weighted by molar-refractivity contribution is -0.149. The van der Waals surface area contributed by atoms with Gasteiger partial charge in [0, 0.05) is 36.3 Å². The van der Waals surface area contributed by atoms with E-state index in [0.717, 1.165) is 48.7 Å². The fourth-order valence-electron chi connectivity index (χ4n) is 6.82. The van der Waals surface area contributed by atoms with Gasteiger partial charge in [0.25, 0.3) is 0 Å². The molecule has 1 aromatic heterocycles. The van der Waals surface area contributed by atoms with E-state index in [-0.39, 0.29) is 37.6 Å². The number of carbonyl (C=O) groups excluding carboxylic acids is 4. The van der Waals surface area contributed by atoms with Gasteiger partial charge in [-0.15, -0.1) is 0 Å². The Bertz CT molecular complexity index is 1590. The lowest BCUT2D eigenvalue weighted by Gasteiger charge is -2.40. The van der Waals surface area contributed by atoms with Gasteiger partial charge in [-0.2, -0.15) is 5.26 Å². The predicted molar refractivity (Wildman–Crippen MR) is 179 cm³/mol. The van der Waals surface area contributed by atoms with Crippen LogP contribution in [0.1, 0.15) is 83.0 Å². The van der Waals surface area contributed by atoms with Gasteiger partial charge in [-0.1, -0.05) is 13.0 Å². The van der Waals surface area contributed by atoms with Gasteiger partial charge in [0.1, 0.15) is 24.2 Å². The van der Waals surface area contributed by atoms with Crippen molar-refractivity contribution >= 4 is 40.7 Å². The summed E-state index contributed by atoms with van der Waals surface area (Å²) < 4.78 is 10.5. The number of carboxylic acids is 1. The number of nitrogens with zero attached hydrogens (tertiary/aromatic N) is 3. The molecule has 2 saturated heterocycles. The normalized spacial score (nSPS) is 20.2. The lowest BCUT2D eigenvalue weighted by atomic mass is 9.97. The van der Waals surface area contributed by atoms with Crippen molar-refractivity contribution in [2.45, 2.75) is 109 Å². The van der Waals surface area contributed by atoms with Gasteiger partial charge in [0.05, 0.1) is 30.7 Å². The number of aryl methyl sites for hydroxylation is 2.